The van der Waals surface area contributed by atoms with Crippen molar-refractivity contribution < 1.29 is 30.5 Å². The molecule has 50 heavy (non-hydrogen) atoms. The summed E-state index contributed by atoms with van der Waals surface area (Å²) in [5, 5.41) is 7.54. The van der Waals surface area contributed by atoms with Crippen LogP contribution in [0.5, 0.6) is 17.2 Å². The van der Waals surface area contributed by atoms with E-state index in [0.29, 0.717) is 29.3 Å². The molecule has 0 saturated heterocycles. The van der Waals surface area contributed by atoms with E-state index in [1.165, 1.54) is 28.9 Å². The molecule has 1 aliphatic rings. The molecule has 0 aliphatic heterocycles. The quantitative estimate of drug-likeness (QED) is 0.102. The SMILES string of the molecule is CCCc1nn(-c2[c-]c(Oc3[c-]c4c(cc3)c3ccccc3n4-c3cc(OC)ccn3)cc(C)c2)c(CCC)c1C1C(C)=C[C@H](C)C[C@@H]1C.[Pt+2]. The van der Waals surface area contributed by atoms with E-state index in [1.54, 1.807) is 13.3 Å². The average Bonchev–Trinajstić information content (AvgIpc) is 3.59. The Morgan fingerprint density at radius 2 is 1.70 bits per heavy atom. The Labute approximate surface area is 310 Å². The molecule has 3 aromatic carbocycles. The summed E-state index contributed by atoms with van der Waals surface area (Å²) in [5.74, 6) is 4.32. The van der Waals surface area contributed by atoms with Gasteiger partial charge in [0, 0.05) is 46.5 Å². The number of aromatic nitrogens is 4. The molecule has 0 fully saturated rings. The van der Waals surface area contributed by atoms with Gasteiger partial charge in [-0.25, -0.2) is 4.98 Å². The van der Waals surface area contributed by atoms with Gasteiger partial charge in [-0.3, -0.25) is 4.68 Å². The summed E-state index contributed by atoms with van der Waals surface area (Å²) < 4.78 is 16.4. The number of para-hydroxylation sites is 1. The van der Waals surface area contributed by atoms with E-state index >= 15 is 0 Å². The van der Waals surface area contributed by atoms with Gasteiger partial charge in [0.1, 0.15) is 11.6 Å². The molecular weight excluding hydrogens is 800 g/mol. The number of benzene rings is 3. The Hall–Kier alpha value is -4.15. The van der Waals surface area contributed by atoms with Crippen LogP contribution in [0.25, 0.3) is 33.3 Å². The minimum absolute atomic E-state index is 0. The van der Waals surface area contributed by atoms with Crippen molar-refractivity contribution in [2.24, 2.45) is 11.8 Å². The number of nitrogens with zero attached hydrogens (tertiary/aromatic N) is 4. The molecule has 0 amide bonds. The zero-order valence-corrected chi connectivity index (χ0v) is 32.4. The molecule has 7 rings (SSSR count). The zero-order valence-electron chi connectivity index (χ0n) is 30.1. The topological polar surface area (TPSA) is 54.1 Å². The predicted octanol–water partition coefficient (Wildman–Crippen LogP) is 10.7. The van der Waals surface area contributed by atoms with E-state index in [2.05, 4.69) is 99.3 Å². The molecule has 0 saturated carbocycles. The maximum atomic E-state index is 6.59. The van der Waals surface area contributed by atoms with Crippen LogP contribution in [-0.2, 0) is 33.9 Å². The first-order valence-electron chi connectivity index (χ1n) is 17.8. The fourth-order valence-corrected chi connectivity index (χ4v) is 8.05. The van der Waals surface area contributed by atoms with E-state index in [4.69, 9.17) is 19.6 Å². The number of ether oxygens (including phenoxy) is 2. The van der Waals surface area contributed by atoms with E-state index in [0.717, 1.165) is 70.3 Å². The first-order chi connectivity index (χ1) is 23.8. The van der Waals surface area contributed by atoms with Crippen molar-refractivity contribution in [1.82, 2.24) is 19.3 Å². The molecule has 3 aromatic heterocycles. The van der Waals surface area contributed by atoms with Crippen LogP contribution < -0.4 is 9.47 Å². The molecule has 0 spiro atoms. The van der Waals surface area contributed by atoms with Gasteiger partial charge in [-0.2, -0.15) is 16.7 Å². The third-order valence-corrected chi connectivity index (χ3v) is 9.89. The summed E-state index contributed by atoms with van der Waals surface area (Å²) in [5.41, 5.74) is 9.38. The van der Waals surface area contributed by atoms with Crippen molar-refractivity contribution in [1.29, 1.82) is 0 Å². The van der Waals surface area contributed by atoms with Crippen LogP contribution in [0.3, 0.4) is 0 Å². The number of aryl methyl sites for hydroxylation is 2. The van der Waals surface area contributed by atoms with Gasteiger partial charge in [0.05, 0.1) is 12.8 Å². The Bertz CT molecular complexity index is 2180. The smallest absolute Gasteiger partial charge is 0.509 e. The summed E-state index contributed by atoms with van der Waals surface area (Å²) in [6.07, 6.45) is 9.48. The Balaban J connectivity index is 0.00000432. The van der Waals surface area contributed by atoms with Crippen molar-refractivity contribution in [3.8, 4) is 28.8 Å². The van der Waals surface area contributed by atoms with E-state index in [-0.39, 0.29) is 21.1 Å². The van der Waals surface area contributed by atoms with Crippen LogP contribution in [0, 0.1) is 30.9 Å². The first kappa shape index (κ1) is 35.7. The normalized spacial score (nSPS) is 17.5. The van der Waals surface area contributed by atoms with Crippen LogP contribution in [0.4, 0.5) is 0 Å². The second-order valence-corrected chi connectivity index (χ2v) is 13.8. The van der Waals surface area contributed by atoms with Gasteiger partial charge in [0.15, 0.2) is 0 Å². The standard InChI is InChI=1S/C43H46N4O2.Pt/c1-8-12-37-43(42-29(5)20-27(3)21-30(42)6)39(13-9-2)47(45-37)31-22-28(4)23-34(24-31)49-33-16-17-36-35-14-10-11-15-38(35)46(40(36)25-33)41-26-32(48-7)18-19-44-41;/h10-11,14-20,22-23,26-27,30,42H,8-9,12-13,21H2,1-7H3;/q-2;+2/t27-,30-,42?;/m0./s1. The van der Waals surface area contributed by atoms with Gasteiger partial charge in [-0.15, -0.1) is 35.7 Å². The molecule has 6 aromatic rings. The van der Waals surface area contributed by atoms with Crippen LogP contribution in [0.2, 0.25) is 0 Å². The second-order valence-electron chi connectivity index (χ2n) is 13.8. The monoisotopic (exact) mass is 845 g/mol. The molecule has 3 heterocycles. The maximum absolute atomic E-state index is 6.59. The molecule has 260 valence electrons. The van der Waals surface area contributed by atoms with Gasteiger partial charge >= 0.3 is 21.1 Å². The Kier molecular flexibility index (Phi) is 10.7. The third-order valence-electron chi connectivity index (χ3n) is 9.89. The summed E-state index contributed by atoms with van der Waals surface area (Å²) in [7, 11) is 1.67. The number of methoxy groups -OCH3 is 1. The Morgan fingerprint density at radius 1 is 0.900 bits per heavy atom. The molecule has 0 bridgehead atoms. The number of fused-ring (bicyclic) bond motifs is 3. The van der Waals surface area contributed by atoms with Crippen molar-refractivity contribution in [2.75, 3.05) is 7.11 Å². The van der Waals surface area contributed by atoms with Gasteiger partial charge < -0.3 is 14.0 Å². The number of rotatable bonds is 10. The van der Waals surface area contributed by atoms with E-state index < -0.39 is 0 Å². The summed E-state index contributed by atoms with van der Waals surface area (Å²) in [6, 6.07) is 27.6. The second kappa shape index (κ2) is 15.0. The average molecular weight is 846 g/mol. The molecule has 3 atom stereocenters. The van der Waals surface area contributed by atoms with Gasteiger partial charge in [0.25, 0.3) is 0 Å². The molecule has 7 heteroatoms. The van der Waals surface area contributed by atoms with Crippen molar-refractivity contribution in [2.45, 2.75) is 79.6 Å². The van der Waals surface area contributed by atoms with Crippen molar-refractivity contribution in [3.63, 3.8) is 0 Å². The van der Waals surface area contributed by atoms with Crippen LogP contribution in [0.15, 0.2) is 78.5 Å². The van der Waals surface area contributed by atoms with Crippen LogP contribution >= 0.6 is 0 Å². The fraction of sp³-hybridized carbons (Fsp3) is 0.349. The molecule has 0 N–H and O–H groups in total. The van der Waals surface area contributed by atoms with Crippen molar-refractivity contribution in [3.05, 3.63) is 113 Å². The van der Waals surface area contributed by atoms with E-state index in [1.807, 2.05) is 30.3 Å². The van der Waals surface area contributed by atoms with Gasteiger partial charge in [-0.05, 0) is 61.2 Å². The molecule has 1 unspecified atom stereocenters. The van der Waals surface area contributed by atoms with Crippen molar-refractivity contribution >= 4 is 21.8 Å². The predicted molar refractivity (Wildman–Crippen MR) is 199 cm³/mol. The molecular formula is C43H46N4O2Pt. The van der Waals surface area contributed by atoms with Gasteiger partial charge in [0.2, 0.25) is 0 Å². The number of hydrogen-bond acceptors (Lipinski definition) is 4. The largest absolute Gasteiger partial charge is 2.00 e. The van der Waals surface area contributed by atoms with Gasteiger partial charge in [-0.1, -0.05) is 82.8 Å². The van der Waals surface area contributed by atoms with E-state index in [9.17, 15) is 0 Å². The summed E-state index contributed by atoms with van der Waals surface area (Å²) in [4.78, 5) is 4.70. The van der Waals surface area contributed by atoms with Crippen LogP contribution in [0.1, 0.15) is 82.3 Å². The summed E-state index contributed by atoms with van der Waals surface area (Å²) >= 11 is 0. The minimum atomic E-state index is 0. The third kappa shape index (κ3) is 6.67. The number of hydrogen-bond donors (Lipinski definition) is 0. The molecule has 6 nitrogen and oxygen atoms in total. The first-order valence-corrected chi connectivity index (χ1v) is 17.8. The summed E-state index contributed by atoms with van der Waals surface area (Å²) in [6.45, 7) is 13.7. The maximum Gasteiger partial charge on any atom is 2.00 e. The van der Waals surface area contributed by atoms with Crippen LogP contribution in [-0.4, -0.2) is 26.4 Å². The zero-order chi connectivity index (χ0) is 34.2. The number of allylic oxidation sites excluding steroid dienone is 2. The Morgan fingerprint density at radius 3 is 2.46 bits per heavy atom. The number of pyridine rings is 1. The molecule has 1 aliphatic carbocycles. The molecule has 0 radical (unpaired) electrons. The minimum Gasteiger partial charge on any atom is -0.509 e. The fourth-order valence-electron chi connectivity index (χ4n) is 8.05.